The minimum Gasteiger partial charge on any atom is -0.356 e. The van der Waals surface area contributed by atoms with Crippen LogP contribution in [0.1, 0.15) is 35.3 Å². The number of carbonyl (C=O) groups excluding carboxylic acids is 2. The first-order valence-corrected chi connectivity index (χ1v) is 6.73. The average Bonchev–Trinajstić information content (AvgIpc) is 2.94. The molecule has 6 nitrogen and oxygen atoms in total. The number of hydrogen-bond acceptors (Lipinski definition) is 3. The number of aromatic amines is 1. The van der Waals surface area contributed by atoms with Crippen molar-refractivity contribution in [2.24, 2.45) is 0 Å². The van der Waals surface area contributed by atoms with E-state index in [2.05, 4.69) is 4.98 Å². The number of carbonyl (C=O) groups is 2. The molecule has 1 aromatic heterocycles. The predicted molar refractivity (Wildman–Crippen MR) is 72.9 cm³/mol. The molecule has 1 aromatic rings. The zero-order chi connectivity index (χ0) is 14.5. The van der Waals surface area contributed by atoms with Crippen LogP contribution in [0.25, 0.3) is 0 Å². The molecule has 106 valence electrons. The molecule has 0 aliphatic carbocycles. The summed E-state index contributed by atoms with van der Waals surface area (Å²) < 4.78 is 0. The third kappa shape index (κ3) is 3.18. The maximum atomic E-state index is 12.1. The standard InChI is InChI=1S/C14H18N4O2/c1-17(6-7-18-5-3-2-4-13(18)19)14(20)12-8-11(9-15)10-16-12/h8,10,16H,2-7H2,1H3. The van der Waals surface area contributed by atoms with Crippen molar-refractivity contribution in [3.8, 4) is 6.07 Å². The molecule has 1 N–H and O–H groups in total. The highest BCUT2D eigenvalue weighted by atomic mass is 16.2. The minimum absolute atomic E-state index is 0.170. The molecule has 2 rings (SSSR count). The fourth-order valence-corrected chi connectivity index (χ4v) is 2.26. The van der Waals surface area contributed by atoms with Crippen LogP contribution in [-0.2, 0) is 4.79 Å². The molecule has 2 heterocycles. The van der Waals surface area contributed by atoms with Crippen molar-refractivity contribution in [3.05, 3.63) is 23.5 Å². The van der Waals surface area contributed by atoms with E-state index in [9.17, 15) is 9.59 Å². The van der Waals surface area contributed by atoms with Crippen molar-refractivity contribution in [2.75, 3.05) is 26.7 Å². The van der Waals surface area contributed by atoms with Crippen LogP contribution in [0.5, 0.6) is 0 Å². The number of hydrogen-bond donors (Lipinski definition) is 1. The highest BCUT2D eigenvalue weighted by Crippen LogP contribution is 2.10. The Hall–Kier alpha value is -2.29. The maximum Gasteiger partial charge on any atom is 0.270 e. The van der Waals surface area contributed by atoms with E-state index >= 15 is 0 Å². The number of rotatable bonds is 4. The van der Waals surface area contributed by atoms with Gasteiger partial charge in [-0.3, -0.25) is 9.59 Å². The van der Waals surface area contributed by atoms with Gasteiger partial charge in [0, 0.05) is 39.3 Å². The van der Waals surface area contributed by atoms with Gasteiger partial charge in [-0.2, -0.15) is 5.26 Å². The second kappa shape index (κ2) is 6.24. The number of amides is 2. The zero-order valence-corrected chi connectivity index (χ0v) is 11.6. The Bertz CT molecular complexity index is 544. The number of piperidine rings is 1. The molecule has 2 amide bonds. The molecule has 0 unspecified atom stereocenters. The van der Waals surface area contributed by atoms with Gasteiger partial charge in [0.15, 0.2) is 0 Å². The molecule has 6 heteroatoms. The zero-order valence-electron chi connectivity index (χ0n) is 11.6. The van der Waals surface area contributed by atoms with Crippen LogP contribution in [-0.4, -0.2) is 53.3 Å². The monoisotopic (exact) mass is 274 g/mol. The van der Waals surface area contributed by atoms with Gasteiger partial charge >= 0.3 is 0 Å². The van der Waals surface area contributed by atoms with Crippen LogP contribution in [0.2, 0.25) is 0 Å². The first kappa shape index (κ1) is 14.1. The number of likely N-dealkylation sites (tertiary alicyclic amines) is 1. The van der Waals surface area contributed by atoms with Gasteiger partial charge in [-0.15, -0.1) is 0 Å². The minimum atomic E-state index is -0.170. The second-order valence-electron chi connectivity index (χ2n) is 4.98. The van der Waals surface area contributed by atoms with Crippen molar-refractivity contribution < 1.29 is 9.59 Å². The summed E-state index contributed by atoms with van der Waals surface area (Å²) >= 11 is 0. The summed E-state index contributed by atoms with van der Waals surface area (Å²) in [5.74, 6) is -0.000280. The van der Waals surface area contributed by atoms with Crippen molar-refractivity contribution >= 4 is 11.8 Å². The summed E-state index contributed by atoms with van der Waals surface area (Å²) in [4.78, 5) is 29.9. The number of nitriles is 1. The van der Waals surface area contributed by atoms with E-state index in [0.717, 1.165) is 19.4 Å². The molecule has 0 spiro atoms. The molecule has 0 radical (unpaired) electrons. The van der Waals surface area contributed by atoms with Gasteiger partial charge in [-0.05, 0) is 18.9 Å². The Morgan fingerprint density at radius 1 is 1.55 bits per heavy atom. The van der Waals surface area contributed by atoms with E-state index in [0.29, 0.717) is 30.8 Å². The molecular formula is C14H18N4O2. The van der Waals surface area contributed by atoms with Crippen LogP contribution >= 0.6 is 0 Å². The fraction of sp³-hybridized carbons (Fsp3) is 0.500. The van der Waals surface area contributed by atoms with E-state index < -0.39 is 0 Å². The van der Waals surface area contributed by atoms with Crippen molar-refractivity contribution in [2.45, 2.75) is 19.3 Å². The summed E-state index contributed by atoms with van der Waals surface area (Å²) in [5.41, 5.74) is 0.835. The highest BCUT2D eigenvalue weighted by Gasteiger charge is 2.20. The topological polar surface area (TPSA) is 80.2 Å². The van der Waals surface area contributed by atoms with Crippen molar-refractivity contribution in [1.82, 2.24) is 14.8 Å². The number of likely N-dealkylation sites (N-methyl/N-ethyl adjacent to an activating group) is 1. The van der Waals surface area contributed by atoms with Crippen LogP contribution < -0.4 is 0 Å². The number of nitrogens with one attached hydrogen (secondary N) is 1. The van der Waals surface area contributed by atoms with Crippen molar-refractivity contribution in [1.29, 1.82) is 5.26 Å². The van der Waals surface area contributed by atoms with Gasteiger partial charge in [0.2, 0.25) is 5.91 Å². The third-order valence-corrected chi connectivity index (χ3v) is 3.52. The fourth-order valence-electron chi connectivity index (χ4n) is 2.26. The van der Waals surface area contributed by atoms with Gasteiger partial charge < -0.3 is 14.8 Å². The van der Waals surface area contributed by atoms with Gasteiger partial charge in [0.1, 0.15) is 11.8 Å². The summed E-state index contributed by atoms with van der Waals surface area (Å²) in [6.45, 7) is 1.83. The van der Waals surface area contributed by atoms with Gasteiger partial charge in [-0.1, -0.05) is 0 Å². The highest BCUT2D eigenvalue weighted by molar-refractivity contribution is 5.92. The van der Waals surface area contributed by atoms with Crippen molar-refractivity contribution in [3.63, 3.8) is 0 Å². The Morgan fingerprint density at radius 3 is 3.00 bits per heavy atom. The smallest absolute Gasteiger partial charge is 0.270 e. The quantitative estimate of drug-likeness (QED) is 0.888. The Kier molecular flexibility index (Phi) is 4.41. The SMILES string of the molecule is CN(CCN1CCCCC1=O)C(=O)c1cc(C#N)c[nH]1. The molecule has 0 saturated carbocycles. The Morgan fingerprint density at radius 2 is 2.35 bits per heavy atom. The molecule has 20 heavy (non-hydrogen) atoms. The largest absolute Gasteiger partial charge is 0.356 e. The molecule has 1 aliphatic heterocycles. The Balaban J connectivity index is 1.88. The Labute approximate surface area is 118 Å². The van der Waals surface area contributed by atoms with E-state index in [4.69, 9.17) is 5.26 Å². The third-order valence-electron chi connectivity index (χ3n) is 3.52. The molecular weight excluding hydrogens is 256 g/mol. The van der Waals surface area contributed by atoms with E-state index in [1.807, 2.05) is 11.0 Å². The van der Waals surface area contributed by atoms with Crippen LogP contribution in [0.15, 0.2) is 12.3 Å². The van der Waals surface area contributed by atoms with Gasteiger partial charge in [-0.25, -0.2) is 0 Å². The summed E-state index contributed by atoms with van der Waals surface area (Å²) in [7, 11) is 1.70. The second-order valence-corrected chi connectivity index (χ2v) is 4.98. The molecule has 0 aromatic carbocycles. The normalized spacial score (nSPS) is 15.0. The lowest BCUT2D eigenvalue weighted by atomic mass is 10.1. The molecule has 0 atom stereocenters. The average molecular weight is 274 g/mol. The number of nitrogens with zero attached hydrogens (tertiary/aromatic N) is 3. The molecule has 1 aliphatic rings. The molecule has 1 fully saturated rings. The van der Waals surface area contributed by atoms with Gasteiger partial charge in [0.05, 0.1) is 5.56 Å². The summed E-state index contributed by atoms with van der Waals surface area (Å²) in [6.07, 6.45) is 4.12. The van der Waals surface area contributed by atoms with E-state index in [1.54, 1.807) is 11.9 Å². The number of aromatic nitrogens is 1. The van der Waals surface area contributed by atoms with Crippen LogP contribution in [0.3, 0.4) is 0 Å². The number of H-pyrrole nitrogens is 1. The van der Waals surface area contributed by atoms with Crippen LogP contribution in [0.4, 0.5) is 0 Å². The van der Waals surface area contributed by atoms with E-state index in [1.165, 1.54) is 12.3 Å². The molecule has 0 bridgehead atoms. The van der Waals surface area contributed by atoms with E-state index in [-0.39, 0.29) is 11.8 Å². The van der Waals surface area contributed by atoms with Gasteiger partial charge in [0.25, 0.3) is 5.91 Å². The van der Waals surface area contributed by atoms with Crippen LogP contribution in [0, 0.1) is 11.3 Å². The lowest BCUT2D eigenvalue weighted by molar-refractivity contribution is -0.133. The molecule has 1 saturated heterocycles. The predicted octanol–water partition coefficient (Wildman–Crippen LogP) is 0.971. The first-order chi connectivity index (χ1) is 9.61. The maximum absolute atomic E-state index is 12.1. The lowest BCUT2D eigenvalue weighted by Crippen LogP contribution is -2.41. The summed E-state index contributed by atoms with van der Waals surface area (Å²) in [5, 5.41) is 8.73. The lowest BCUT2D eigenvalue weighted by Gasteiger charge is -2.28. The summed E-state index contributed by atoms with van der Waals surface area (Å²) in [6, 6.07) is 3.51. The first-order valence-electron chi connectivity index (χ1n) is 6.73.